The minimum absolute atomic E-state index is 0.399. The smallest absolute Gasteiger partial charge is 0.322 e. The van der Waals surface area contributed by atoms with Crippen LogP contribution in [0, 0.1) is 0 Å². The van der Waals surface area contributed by atoms with Crippen molar-refractivity contribution in [3.8, 4) is 11.3 Å². The largest absolute Gasteiger partial charge is 0.468 e. The average molecular weight is 440 g/mol. The second-order valence-corrected chi connectivity index (χ2v) is 8.81. The first kappa shape index (κ1) is 21.6. The summed E-state index contributed by atoms with van der Waals surface area (Å²) < 4.78 is 4.82. The fourth-order valence-electron chi connectivity index (χ4n) is 5.04. The highest BCUT2D eigenvalue weighted by Gasteiger charge is 2.18. The molecule has 0 unspecified atom stereocenters. The highest BCUT2D eigenvalue weighted by molar-refractivity contribution is 6.05. The molecule has 1 aliphatic rings. The van der Waals surface area contributed by atoms with E-state index in [9.17, 15) is 4.79 Å². The van der Waals surface area contributed by atoms with E-state index < -0.39 is 12.0 Å². The number of hydrogen-bond acceptors (Lipinski definition) is 5. The first-order chi connectivity index (χ1) is 16.2. The Hall–Kier alpha value is -3.28. The van der Waals surface area contributed by atoms with Crippen LogP contribution in [-0.4, -0.2) is 42.1 Å². The van der Waals surface area contributed by atoms with E-state index in [4.69, 9.17) is 15.5 Å². The molecule has 5 nitrogen and oxygen atoms in total. The van der Waals surface area contributed by atoms with E-state index in [1.165, 1.54) is 49.4 Å². The van der Waals surface area contributed by atoms with E-state index in [-0.39, 0.29) is 0 Å². The molecule has 0 amide bonds. The number of esters is 1. The van der Waals surface area contributed by atoms with Crippen molar-refractivity contribution in [2.45, 2.75) is 31.8 Å². The molecule has 2 N–H and O–H groups in total. The third-order valence-corrected chi connectivity index (χ3v) is 6.70. The second-order valence-electron chi connectivity index (χ2n) is 8.81. The van der Waals surface area contributed by atoms with E-state index in [1.54, 1.807) is 0 Å². The Morgan fingerprint density at radius 2 is 1.61 bits per heavy atom. The first-order valence-electron chi connectivity index (χ1n) is 11.6. The highest BCUT2D eigenvalue weighted by atomic mass is 16.5. The predicted octanol–water partition coefficient (Wildman–Crippen LogP) is 4.69. The minimum Gasteiger partial charge on any atom is -0.468 e. The van der Waals surface area contributed by atoms with E-state index in [0.717, 1.165) is 34.1 Å². The van der Waals surface area contributed by atoms with Crippen molar-refractivity contribution < 1.29 is 9.53 Å². The molecule has 1 aromatic heterocycles. The molecule has 0 saturated carbocycles. The quantitative estimate of drug-likeness (QED) is 0.441. The van der Waals surface area contributed by atoms with Crippen LogP contribution in [0.2, 0.25) is 0 Å². The number of nitrogens with zero attached hydrogens (tertiary/aromatic N) is 2. The molecule has 168 valence electrons. The Labute approximate surface area is 194 Å². The van der Waals surface area contributed by atoms with E-state index in [0.29, 0.717) is 6.42 Å². The Kier molecular flexibility index (Phi) is 6.07. The van der Waals surface area contributed by atoms with Crippen molar-refractivity contribution in [2.75, 3.05) is 20.2 Å². The molecule has 0 spiro atoms. The van der Waals surface area contributed by atoms with Gasteiger partial charge in [-0.2, -0.15) is 0 Å². The van der Waals surface area contributed by atoms with Gasteiger partial charge in [-0.05, 0) is 65.7 Å². The number of ether oxygens (including phenoxy) is 1. The second kappa shape index (κ2) is 9.30. The molecule has 0 aliphatic carbocycles. The fraction of sp³-hybridized carbons (Fsp3) is 0.286. The zero-order valence-electron chi connectivity index (χ0n) is 19.0. The van der Waals surface area contributed by atoms with Gasteiger partial charge in [0.2, 0.25) is 0 Å². The van der Waals surface area contributed by atoms with Crippen LogP contribution in [0.5, 0.6) is 0 Å². The summed E-state index contributed by atoms with van der Waals surface area (Å²) in [6.45, 7) is 3.33. The molecule has 33 heavy (non-hydrogen) atoms. The van der Waals surface area contributed by atoms with Crippen LogP contribution in [0.1, 0.15) is 24.0 Å². The Balaban J connectivity index is 1.60. The van der Waals surface area contributed by atoms with Gasteiger partial charge in [0, 0.05) is 23.7 Å². The lowest BCUT2D eigenvalue weighted by Gasteiger charge is -2.17. The van der Waals surface area contributed by atoms with Gasteiger partial charge in [0.25, 0.3) is 0 Å². The van der Waals surface area contributed by atoms with Crippen molar-refractivity contribution >= 4 is 27.5 Å². The lowest BCUT2D eigenvalue weighted by molar-refractivity contribution is -0.142. The van der Waals surface area contributed by atoms with Crippen molar-refractivity contribution in [1.29, 1.82) is 0 Å². The molecule has 1 atom stereocenters. The number of rotatable bonds is 6. The number of nitrogens with two attached hydrogens (primary N) is 1. The number of methoxy groups -OCH3 is 1. The highest BCUT2D eigenvalue weighted by Crippen LogP contribution is 2.35. The van der Waals surface area contributed by atoms with Gasteiger partial charge in [-0.15, -0.1) is 0 Å². The normalized spacial score (nSPS) is 15.2. The van der Waals surface area contributed by atoms with E-state index in [1.807, 2.05) is 18.3 Å². The zero-order valence-corrected chi connectivity index (χ0v) is 19.0. The van der Waals surface area contributed by atoms with Gasteiger partial charge in [0.05, 0.1) is 12.8 Å². The Morgan fingerprint density at radius 1 is 0.939 bits per heavy atom. The standard InChI is InChI=1S/C28H29N3O2/c1-33-28(32)26(29)17-19-7-4-10-23-21(19)9-6-12-25(23)27-24-11-5-8-20(22(24)13-14-30-27)18-31-15-2-3-16-31/h4-14,26H,2-3,15-18,29H2,1H3/t26-/m0/s1. The molecule has 1 saturated heterocycles. The van der Waals surface area contributed by atoms with Gasteiger partial charge in [-0.25, -0.2) is 0 Å². The van der Waals surface area contributed by atoms with Crippen LogP contribution in [0.25, 0.3) is 32.8 Å². The van der Waals surface area contributed by atoms with Crippen LogP contribution in [0.4, 0.5) is 0 Å². The molecule has 5 rings (SSSR count). The summed E-state index contributed by atoms with van der Waals surface area (Å²) in [6, 6.07) is 20.4. The monoisotopic (exact) mass is 439 g/mol. The fourth-order valence-corrected chi connectivity index (χ4v) is 5.04. The molecule has 4 aromatic rings. The van der Waals surface area contributed by atoms with Crippen molar-refractivity contribution in [3.05, 3.63) is 78.0 Å². The number of hydrogen-bond donors (Lipinski definition) is 1. The molecule has 2 heterocycles. The van der Waals surface area contributed by atoms with Gasteiger partial charge in [-0.3, -0.25) is 14.7 Å². The first-order valence-corrected chi connectivity index (χ1v) is 11.6. The molecule has 5 heteroatoms. The topological polar surface area (TPSA) is 68.5 Å². The molecule has 0 bridgehead atoms. The number of likely N-dealkylation sites (tertiary alicyclic amines) is 1. The number of carbonyl (C=O) groups is 1. The summed E-state index contributed by atoms with van der Waals surface area (Å²) in [5.74, 6) is -0.399. The minimum atomic E-state index is -0.687. The van der Waals surface area contributed by atoms with Crippen LogP contribution in [-0.2, 0) is 22.5 Å². The van der Waals surface area contributed by atoms with Crippen molar-refractivity contribution in [2.24, 2.45) is 5.73 Å². The summed E-state index contributed by atoms with van der Waals surface area (Å²) >= 11 is 0. The van der Waals surface area contributed by atoms with Gasteiger partial charge >= 0.3 is 5.97 Å². The Bertz CT molecular complexity index is 1310. The molecule has 1 aliphatic heterocycles. The summed E-state index contributed by atoms with van der Waals surface area (Å²) in [7, 11) is 1.37. The van der Waals surface area contributed by atoms with Gasteiger partial charge in [0.1, 0.15) is 6.04 Å². The summed E-state index contributed by atoms with van der Waals surface area (Å²) in [5, 5.41) is 4.62. The Morgan fingerprint density at radius 3 is 2.39 bits per heavy atom. The molecular formula is C28H29N3O2. The summed E-state index contributed by atoms with van der Waals surface area (Å²) in [6.07, 6.45) is 4.92. The predicted molar refractivity (Wildman–Crippen MR) is 133 cm³/mol. The molecule has 3 aromatic carbocycles. The maximum absolute atomic E-state index is 11.9. The molecular weight excluding hydrogens is 410 g/mol. The lowest BCUT2D eigenvalue weighted by atomic mass is 9.93. The maximum Gasteiger partial charge on any atom is 0.322 e. The lowest BCUT2D eigenvalue weighted by Crippen LogP contribution is -2.33. The van der Waals surface area contributed by atoms with Gasteiger partial charge < -0.3 is 10.5 Å². The third-order valence-electron chi connectivity index (χ3n) is 6.70. The van der Waals surface area contributed by atoms with Crippen molar-refractivity contribution in [1.82, 2.24) is 9.88 Å². The zero-order chi connectivity index (χ0) is 22.8. The number of aromatic nitrogens is 1. The van der Waals surface area contributed by atoms with Crippen LogP contribution < -0.4 is 5.73 Å². The molecule has 0 radical (unpaired) electrons. The maximum atomic E-state index is 11.9. The number of fused-ring (bicyclic) bond motifs is 2. The van der Waals surface area contributed by atoms with E-state index in [2.05, 4.69) is 53.4 Å². The number of pyridine rings is 1. The molecule has 1 fully saturated rings. The SMILES string of the molecule is COC(=O)[C@@H](N)Cc1cccc2c(-c3nccc4c(CN5CCCC5)cccc34)cccc12. The van der Waals surface area contributed by atoms with Crippen molar-refractivity contribution in [3.63, 3.8) is 0 Å². The number of carbonyl (C=O) groups excluding carboxylic acids is 1. The summed E-state index contributed by atoms with van der Waals surface area (Å²) in [5.41, 5.74) is 10.5. The summed E-state index contributed by atoms with van der Waals surface area (Å²) in [4.78, 5) is 19.2. The van der Waals surface area contributed by atoms with Crippen LogP contribution >= 0.6 is 0 Å². The average Bonchev–Trinajstić information content (AvgIpc) is 3.36. The van der Waals surface area contributed by atoms with Crippen LogP contribution in [0.15, 0.2) is 66.9 Å². The third kappa shape index (κ3) is 4.22. The number of benzene rings is 3. The van der Waals surface area contributed by atoms with Gasteiger partial charge in [-0.1, -0.05) is 54.6 Å². The van der Waals surface area contributed by atoms with E-state index >= 15 is 0 Å². The van der Waals surface area contributed by atoms with Crippen LogP contribution in [0.3, 0.4) is 0 Å². The van der Waals surface area contributed by atoms with Gasteiger partial charge in [0.15, 0.2) is 0 Å².